The molecule has 0 radical (unpaired) electrons. The second-order valence-corrected chi connectivity index (χ2v) is 5.21. The van der Waals surface area contributed by atoms with Gasteiger partial charge in [-0.2, -0.15) is 0 Å². The van der Waals surface area contributed by atoms with Crippen LogP contribution >= 0.6 is 0 Å². The van der Waals surface area contributed by atoms with Gasteiger partial charge >= 0.3 is 0 Å². The van der Waals surface area contributed by atoms with Gasteiger partial charge in [0.25, 0.3) is 0 Å². The summed E-state index contributed by atoms with van der Waals surface area (Å²) in [5, 5.41) is 2.88. The van der Waals surface area contributed by atoms with Gasteiger partial charge in [0.1, 0.15) is 6.10 Å². The minimum absolute atomic E-state index is 0.0267. The number of carbonyl (C=O) groups excluding carboxylic acids is 1. The molecule has 1 aliphatic heterocycles. The molecule has 5 heteroatoms. The van der Waals surface area contributed by atoms with E-state index in [1.165, 1.54) is 0 Å². The van der Waals surface area contributed by atoms with Gasteiger partial charge in [-0.05, 0) is 33.2 Å². The zero-order chi connectivity index (χ0) is 13.4. The van der Waals surface area contributed by atoms with Crippen LogP contribution in [0.4, 0.5) is 0 Å². The quantitative estimate of drug-likeness (QED) is 0.641. The van der Waals surface area contributed by atoms with E-state index < -0.39 is 5.79 Å². The predicted octanol–water partition coefficient (Wildman–Crippen LogP) is 1.16. The van der Waals surface area contributed by atoms with Crippen molar-refractivity contribution >= 4 is 5.91 Å². The van der Waals surface area contributed by atoms with E-state index in [-0.39, 0.29) is 12.0 Å². The van der Waals surface area contributed by atoms with Crippen LogP contribution in [-0.2, 0) is 14.3 Å². The lowest BCUT2D eigenvalue weighted by Crippen LogP contribution is -2.34. The average Bonchev–Trinajstić information content (AvgIpc) is 2.66. The van der Waals surface area contributed by atoms with Gasteiger partial charge in [-0.1, -0.05) is 12.8 Å². The summed E-state index contributed by atoms with van der Waals surface area (Å²) in [6.45, 7) is 5.58. The number of hydrogen-bond donors (Lipinski definition) is 2. The fraction of sp³-hybridized carbons (Fsp3) is 0.923. The van der Waals surface area contributed by atoms with Gasteiger partial charge < -0.3 is 20.5 Å². The van der Waals surface area contributed by atoms with Crippen LogP contribution in [0.15, 0.2) is 0 Å². The van der Waals surface area contributed by atoms with Crippen LogP contribution < -0.4 is 11.1 Å². The van der Waals surface area contributed by atoms with E-state index in [4.69, 9.17) is 15.2 Å². The molecule has 1 fully saturated rings. The first-order valence-electron chi connectivity index (χ1n) is 6.82. The molecule has 0 saturated carbocycles. The third-order valence-electron chi connectivity index (χ3n) is 2.95. The summed E-state index contributed by atoms with van der Waals surface area (Å²) >= 11 is 0. The number of nitrogens with one attached hydrogen (secondary N) is 1. The highest BCUT2D eigenvalue weighted by molar-refractivity contribution is 5.75. The first-order chi connectivity index (χ1) is 8.53. The van der Waals surface area contributed by atoms with E-state index in [9.17, 15) is 4.79 Å². The van der Waals surface area contributed by atoms with Crippen molar-refractivity contribution in [1.82, 2.24) is 5.32 Å². The largest absolute Gasteiger partial charge is 0.353 e. The molecule has 0 aromatic heterocycles. The summed E-state index contributed by atoms with van der Waals surface area (Å²) in [6, 6.07) is 0. The molecule has 1 saturated heterocycles. The molecule has 1 atom stereocenters. The fourth-order valence-electron chi connectivity index (χ4n) is 1.96. The highest BCUT2D eigenvalue weighted by atomic mass is 16.7. The topological polar surface area (TPSA) is 73.6 Å². The molecular formula is C13H26N2O3. The maximum absolute atomic E-state index is 11.6. The molecule has 0 spiro atoms. The molecule has 1 heterocycles. The summed E-state index contributed by atoms with van der Waals surface area (Å²) < 4.78 is 11.0. The number of rotatable bonds is 8. The van der Waals surface area contributed by atoms with Crippen LogP contribution in [-0.4, -0.2) is 37.5 Å². The van der Waals surface area contributed by atoms with Crippen molar-refractivity contribution in [3.05, 3.63) is 0 Å². The third-order valence-corrected chi connectivity index (χ3v) is 2.95. The maximum Gasteiger partial charge on any atom is 0.220 e. The molecule has 0 bridgehead atoms. The van der Waals surface area contributed by atoms with Gasteiger partial charge in [-0.3, -0.25) is 4.79 Å². The van der Waals surface area contributed by atoms with Gasteiger partial charge in [0.05, 0.1) is 6.61 Å². The zero-order valence-corrected chi connectivity index (χ0v) is 11.5. The Bertz CT molecular complexity index is 257. The number of ether oxygens (including phenoxy) is 2. The van der Waals surface area contributed by atoms with E-state index in [1.807, 2.05) is 13.8 Å². The van der Waals surface area contributed by atoms with E-state index in [1.54, 1.807) is 0 Å². The number of unbranched alkanes of at least 4 members (excludes halogenated alkanes) is 3. The second-order valence-electron chi connectivity index (χ2n) is 5.21. The van der Waals surface area contributed by atoms with E-state index in [2.05, 4.69) is 5.32 Å². The lowest BCUT2D eigenvalue weighted by Gasteiger charge is -2.17. The smallest absolute Gasteiger partial charge is 0.220 e. The molecule has 1 aliphatic rings. The van der Waals surface area contributed by atoms with Crippen molar-refractivity contribution in [1.29, 1.82) is 0 Å². The Balaban J connectivity index is 2.00. The minimum atomic E-state index is -0.516. The Morgan fingerprint density at radius 1 is 1.33 bits per heavy atom. The van der Waals surface area contributed by atoms with Crippen LogP contribution in [0.25, 0.3) is 0 Å². The average molecular weight is 258 g/mol. The Kier molecular flexibility index (Phi) is 6.60. The molecule has 1 amide bonds. The van der Waals surface area contributed by atoms with Gasteiger partial charge in [0, 0.05) is 13.0 Å². The highest BCUT2D eigenvalue weighted by Gasteiger charge is 2.32. The zero-order valence-electron chi connectivity index (χ0n) is 11.5. The molecule has 5 nitrogen and oxygen atoms in total. The number of nitrogens with two attached hydrogens (primary N) is 1. The molecule has 1 unspecified atom stereocenters. The lowest BCUT2D eigenvalue weighted by atomic mass is 10.1. The lowest BCUT2D eigenvalue weighted by molar-refractivity contribution is -0.139. The Morgan fingerprint density at radius 2 is 2.06 bits per heavy atom. The third kappa shape index (κ3) is 6.33. The van der Waals surface area contributed by atoms with E-state index >= 15 is 0 Å². The van der Waals surface area contributed by atoms with Crippen LogP contribution in [0.2, 0.25) is 0 Å². The SMILES string of the molecule is CC1(C)OCC(CNC(=O)CCCCCCN)O1. The molecule has 0 aromatic carbocycles. The maximum atomic E-state index is 11.6. The first kappa shape index (κ1) is 15.4. The molecular weight excluding hydrogens is 232 g/mol. The first-order valence-corrected chi connectivity index (χ1v) is 6.82. The second kappa shape index (κ2) is 7.71. The van der Waals surface area contributed by atoms with Crippen LogP contribution in [0.3, 0.4) is 0 Å². The molecule has 0 aromatic rings. The predicted molar refractivity (Wildman–Crippen MR) is 70.1 cm³/mol. The van der Waals surface area contributed by atoms with Crippen molar-refractivity contribution in [3.63, 3.8) is 0 Å². The highest BCUT2D eigenvalue weighted by Crippen LogP contribution is 2.21. The molecule has 1 rings (SSSR count). The Hall–Kier alpha value is -0.650. The fourth-order valence-corrected chi connectivity index (χ4v) is 1.96. The molecule has 18 heavy (non-hydrogen) atoms. The molecule has 3 N–H and O–H groups in total. The summed E-state index contributed by atoms with van der Waals surface area (Å²) in [4.78, 5) is 11.6. The summed E-state index contributed by atoms with van der Waals surface area (Å²) in [5.74, 6) is -0.423. The Morgan fingerprint density at radius 3 is 2.67 bits per heavy atom. The van der Waals surface area contributed by atoms with Crippen molar-refractivity contribution in [2.45, 2.75) is 57.8 Å². The normalized spacial score (nSPS) is 22.1. The van der Waals surface area contributed by atoms with E-state index in [0.29, 0.717) is 19.6 Å². The van der Waals surface area contributed by atoms with Crippen molar-refractivity contribution in [2.24, 2.45) is 5.73 Å². The van der Waals surface area contributed by atoms with Gasteiger partial charge in [0.15, 0.2) is 5.79 Å². The van der Waals surface area contributed by atoms with Crippen molar-refractivity contribution < 1.29 is 14.3 Å². The minimum Gasteiger partial charge on any atom is -0.353 e. The van der Waals surface area contributed by atoms with Crippen LogP contribution in [0, 0.1) is 0 Å². The number of amides is 1. The number of hydrogen-bond acceptors (Lipinski definition) is 4. The van der Waals surface area contributed by atoms with Crippen LogP contribution in [0.1, 0.15) is 46.0 Å². The standard InChI is InChI=1S/C13H26N2O3/c1-13(2)17-10-11(18-13)9-15-12(16)7-5-3-4-6-8-14/h11H,3-10,14H2,1-2H3,(H,15,16). The molecule has 0 aliphatic carbocycles. The van der Waals surface area contributed by atoms with Gasteiger partial charge in [-0.25, -0.2) is 0 Å². The Labute approximate surface area is 109 Å². The molecule has 106 valence electrons. The number of carbonyl (C=O) groups is 1. The summed E-state index contributed by atoms with van der Waals surface area (Å²) in [7, 11) is 0. The van der Waals surface area contributed by atoms with Gasteiger partial charge in [-0.15, -0.1) is 0 Å². The summed E-state index contributed by atoms with van der Waals surface area (Å²) in [5.41, 5.74) is 5.40. The summed E-state index contributed by atoms with van der Waals surface area (Å²) in [6.07, 6.45) is 4.71. The monoisotopic (exact) mass is 258 g/mol. The van der Waals surface area contributed by atoms with E-state index in [0.717, 1.165) is 32.2 Å². The van der Waals surface area contributed by atoms with Gasteiger partial charge in [0.2, 0.25) is 5.91 Å². The van der Waals surface area contributed by atoms with Crippen molar-refractivity contribution in [2.75, 3.05) is 19.7 Å². The van der Waals surface area contributed by atoms with Crippen molar-refractivity contribution in [3.8, 4) is 0 Å². The van der Waals surface area contributed by atoms with Crippen LogP contribution in [0.5, 0.6) is 0 Å².